The first-order chi connectivity index (χ1) is 8.97. The Balaban J connectivity index is 2.12. The number of carbonyl (C=O) groups is 1. The number of hydrogen-bond donors (Lipinski definition) is 1. The largest absolute Gasteiger partial charge is 0.508 e. The van der Waals surface area contributed by atoms with Crippen molar-refractivity contribution in [1.29, 1.82) is 0 Å². The molecule has 5 heteroatoms. The topological polar surface area (TPSA) is 40.5 Å². The average molecular weight is 296 g/mol. The van der Waals surface area contributed by atoms with Crippen molar-refractivity contribution < 1.29 is 9.90 Å². The highest BCUT2D eigenvalue weighted by atomic mass is 35.5. The maximum absolute atomic E-state index is 12.2. The van der Waals surface area contributed by atoms with Crippen LogP contribution >= 0.6 is 22.9 Å². The van der Waals surface area contributed by atoms with Crippen molar-refractivity contribution in [2.45, 2.75) is 13.5 Å². The Kier molecular flexibility index (Phi) is 4.12. The predicted octanol–water partition coefficient (Wildman–Crippen LogP) is 3.69. The zero-order valence-corrected chi connectivity index (χ0v) is 12.3. The summed E-state index contributed by atoms with van der Waals surface area (Å²) in [5.41, 5.74) is 1.26. The molecular formula is C14H14ClNO2S. The van der Waals surface area contributed by atoms with Gasteiger partial charge in [-0.2, -0.15) is 0 Å². The van der Waals surface area contributed by atoms with Gasteiger partial charge in [0, 0.05) is 17.5 Å². The molecule has 3 nitrogen and oxygen atoms in total. The highest BCUT2D eigenvalue weighted by molar-refractivity contribution is 7.16. The number of halogens is 1. The molecule has 0 aliphatic heterocycles. The smallest absolute Gasteiger partial charge is 0.253 e. The van der Waals surface area contributed by atoms with Crippen LogP contribution in [-0.2, 0) is 6.54 Å². The summed E-state index contributed by atoms with van der Waals surface area (Å²) in [5, 5.41) is 9.46. The fourth-order valence-corrected chi connectivity index (χ4v) is 2.89. The highest BCUT2D eigenvalue weighted by Crippen LogP contribution is 2.23. The number of thiophene rings is 1. The van der Waals surface area contributed by atoms with Crippen LogP contribution in [0.2, 0.25) is 4.34 Å². The summed E-state index contributed by atoms with van der Waals surface area (Å²) in [7, 11) is 1.75. The molecule has 0 fully saturated rings. The Morgan fingerprint density at radius 1 is 1.37 bits per heavy atom. The number of phenolic OH excluding ortho intramolecular Hbond substituents is 1. The van der Waals surface area contributed by atoms with Gasteiger partial charge in [0.05, 0.1) is 10.9 Å². The number of aryl methyl sites for hydroxylation is 1. The van der Waals surface area contributed by atoms with Gasteiger partial charge in [-0.3, -0.25) is 4.79 Å². The standard InChI is InChI=1S/C14H14ClNO2S/c1-9-7-10(3-5-12(9)17)14(18)16(2)8-11-4-6-13(15)19-11/h3-7,17H,8H2,1-2H3. The van der Waals surface area contributed by atoms with Gasteiger partial charge in [0.15, 0.2) is 0 Å². The van der Waals surface area contributed by atoms with E-state index >= 15 is 0 Å². The number of phenols is 1. The fourth-order valence-electron chi connectivity index (χ4n) is 1.75. The van der Waals surface area contributed by atoms with Gasteiger partial charge in [0.25, 0.3) is 5.91 Å². The molecule has 0 atom stereocenters. The SMILES string of the molecule is Cc1cc(C(=O)N(C)Cc2ccc(Cl)s2)ccc1O. The second kappa shape index (κ2) is 5.63. The van der Waals surface area contributed by atoms with E-state index in [1.165, 1.54) is 11.3 Å². The van der Waals surface area contributed by atoms with Crippen LogP contribution in [0.15, 0.2) is 30.3 Å². The minimum atomic E-state index is -0.0763. The molecule has 0 saturated carbocycles. The Morgan fingerprint density at radius 2 is 2.11 bits per heavy atom. The van der Waals surface area contributed by atoms with Gasteiger partial charge < -0.3 is 10.0 Å². The molecule has 0 unspecified atom stereocenters. The number of hydrogen-bond acceptors (Lipinski definition) is 3. The zero-order valence-electron chi connectivity index (χ0n) is 10.7. The van der Waals surface area contributed by atoms with Crippen LogP contribution in [0.1, 0.15) is 20.8 Å². The maximum atomic E-state index is 12.2. The first-order valence-electron chi connectivity index (χ1n) is 5.76. The lowest BCUT2D eigenvalue weighted by Crippen LogP contribution is -2.25. The summed E-state index contributed by atoms with van der Waals surface area (Å²) in [6.07, 6.45) is 0. The molecule has 0 saturated heterocycles. The van der Waals surface area contributed by atoms with Gasteiger partial charge in [-0.05, 0) is 42.8 Å². The number of nitrogens with zero attached hydrogens (tertiary/aromatic N) is 1. The molecule has 1 heterocycles. The quantitative estimate of drug-likeness (QED) is 0.938. The second-order valence-corrected chi connectivity index (χ2v) is 6.17. The summed E-state index contributed by atoms with van der Waals surface area (Å²) in [5.74, 6) is 0.122. The van der Waals surface area contributed by atoms with E-state index in [2.05, 4.69) is 0 Å². The van der Waals surface area contributed by atoms with Gasteiger partial charge in [0.2, 0.25) is 0 Å². The molecular weight excluding hydrogens is 282 g/mol. The van der Waals surface area contributed by atoms with Gasteiger partial charge >= 0.3 is 0 Å². The molecule has 2 rings (SSSR count). The summed E-state index contributed by atoms with van der Waals surface area (Å²) in [6, 6.07) is 8.60. The van der Waals surface area contributed by atoms with E-state index in [0.29, 0.717) is 17.7 Å². The van der Waals surface area contributed by atoms with Gasteiger partial charge in [-0.25, -0.2) is 0 Å². The van der Waals surface area contributed by atoms with Crippen LogP contribution in [-0.4, -0.2) is 23.0 Å². The van der Waals surface area contributed by atoms with Crippen molar-refractivity contribution in [1.82, 2.24) is 4.90 Å². The molecule has 2 aromatic rings. The van der Waals surface area contributed by atoms with Crippen molar-refractivity contribution in [3.8, 4) is 5.75 Å². The van der Waals surface area contributed by atoms with Gasteiger partial charge in [0.1, 0.15) is 5.75 Å². The third-order valence-electron chi connectivity index (χ3n) is 2.81. The van der Waals surface area contributed by atoms with E-state index in [0.717, 1.165) is 9.21 Å². The van der Waals surface area contributed by atoms with Crippen LogP contribution in [0.25, 0.3) is 0 Å². The minimum absolute atomic E-state index is 0.0763. The monoisotopic (exact) mass is 295 g/mol. The summed E-state index contributed by atoms with van der Waals surface area (Å²) >= 11 is 7.33. The van der Waals surface area contributed by atoms with Crippen molar-refractivity contribution in [3.05, 3.63) is 50.7 Å². The Labute approximate surface area is 121 Å². The van der Waals surface area contributed by atoms with E-state index in [9.17, 15) is 9.90 Å². The fraction of sp³-hybridized carbons (Fsp3) is 0.214. The van der Waals surface area contributed by atoms with E-state index in [1.807, 2.05) is 12.1 Å². The lowest BCUT2D eigenvalue weighted by Gasteiger charge is -2.16. The number of aromatic hydroxyl groups is 1. The summed E-state index contributed by atoms with van der Waals surface area (Å²) < 4.78 is 0.719. The Hall–Kier alpha value is -1.52. The molecule has 1 aromatic carbocycles. The van der Waals surface area contributed by atoms with Crippen molar-refractivity contribution in [2.75, 3.05) is 7.05 Å². The van der Waals surface area contributed by atoms with E-state index in [1.54, 1.807) is 37.1 Å². The number of amides is 1. The molecule has 0 aliphatic carbocycles. The van der Waals surface area contributed by atoms with Crippen molar-refractivity contribution in [3.63, 3.8) is 0 Å². The van der Waals surface area contributed by atoms with Crippen molar-refractivity contribution in [2.24, 2.45) is 0 Å². The minimum Gasteiger partial charge on any atom is -0.508 e. The van der Waals surface area contributed by atoms with Crippen LogP contribution in [0.5, 0.6) is 5.75 Å². The average Bonchev–Trinajstić information content (AvgIpc) is 2.77. The van der Waals surface area contributed by atoms with Crippen molar-refractivity contribution >= 4 is 28.8 Å². The third-order valence-corrected chi connectivity index (χ3v) is 4.03. The number of rotatable bonds is 3. The van der Waals surface area contributed by atoms with Crippen LogP contribution < -0.4 is 0 Å². The molecule has 0 aliphatic rings. The number of carbonyl (C=O) groups excluding carboxylic acids is 1. The summed E-state index contributed by atoms with van der Waals surface area (Å²) in [4.78, 5) is 14.9. The molecule has 0 radical (unpaired) electrons. The first-order valence-corrected chi connectivity index (χ1v) is 6.96. The first kappa shape index (κ1) is 13.9. The summed E-state index contributed by atoms with van der Waals surface area (Å²) in [6.45, 7) is 2.29. The van der Waals surface area contributed by atoms with Gasteiger partial charge in [-0.15, -0.1) is 11.3 Å². The molecule has 100 valence electrons. The number of benzene rings is 1. The van der Waals surface area contributed by atoms with E-state index < -0.39 is 0 Å². The molecule has 1 amide bonds. The molecule has 0 bridgehead atoms. The van der Waals surface area contributed by atoms with E-state index in [-0.39, 0.29) is 11.7 Å². The lowest BCUT2D eigenvalue weighted by atomic mass is 10.1. The van der Waals surface area contributed by atoms with Crippen LogP contribution in [0, 0.1) is 6.92 Å². The molecule has 19 heavy (non-hydrogen) atoms. The lowest BCUT2D eigenvalue weighted by molar-refractivity contribution is 0.0786. The molecule has 1 aromatic heterocycles. The van der Waals surface area contributed by atoms with Gasteiger partial charge in [-0.1, -0.05) is 11.6 Å². The maximum Gasteiger partial charge on any atom is 0.253 e. The Bertz CT molecular complexity index is 609. The normalized spacial score (nSPS) is 10.5. The highest BCUT2D eigenvalue weighted by Gasteiger charge is 2.13. The molecule has 0 spiro atoms. The third kappa shape index (κ3) is 3.28. The zero-order chi connectivity index (χ0) is 14.0. The van der Waals surface area contributed by atoms with E-state index in [4.69, 9.17) is 11.6 Å². The predicted molar refractivity (Wildman–Crippen MR) is 78.0 cm³/mol. The van der Waals surface area contributed by atoms with Crippen LogP contribution in [0.3, 0.4) is 0 Å². The Morgan fingerprint density at radius 3 is 2.68 bits per heavy atom. The second-order valence-electron chi connectivity index (χ2n) is 4.37. The van der Waals surface area contributed by atoms with Crippen LogP contribution in [0.4, 0.5) is 0 Å². The molecule has 1 N–H and O–H groups in total.